The zero-order valence-corrected chi connectivity index (χ0v) is 36.2. The fraction of sp³-hybridized carbons (Fsp3) is 0.218. The van der Waals surface area contributed by atoms with Crippen LogP contribution in [0.3, 0.4) is 0 Å². The van der Waals surface area contributed by atoms with Gasteiger partial charge < -0.3 is 14.7 Å². The Morgan fingerprint density at radius 2 is 0.705 bits per heavy atom. The van der Waals surface area contributed by atoms with Gasteiger partial charge in [0.15, 0.2) is 5.69 Å². The first-order valence-electron chi connectivity index (χ1n) is 21.5. The number of aromatic amines is 2. The first-order chi connectivity index (χ1) is 29.4. The van der Waals surface area contributed by atoms with Crippen molar-refractivity contribution >= 4 is 40.2 Å². The van der Waals surface area contributed by atoms with Crippen molar-refractivity contribution in [3.05, 3.63) is 161 Å². The molecular weight excluding hydrogens is 749 g/mol. The minimum absolute atomic E-state index is 0.241. The van der Waals surface area contributed by atoms with E-state index in [2.05, 4.69) is 193 Å². The third-order valence-corrected chi connectivity index (χ3v) is 12.1. The lowest BCUT2D eigenvalue weighted by Gasteiger charge is -2.09. The quantitative estimate of drug-likeness (QED) is 0.150. The van der Waals surface area contributed by atoms with Crippen molar-refractivity contribution < 1.29 is 9.53 Å². The molecule has 304 valence electrons. The zero-order chi connectivity index (χ0) is 42.5. The molecule has 0 spiro atoms. The van der Waals surface area contributed by atoms with Crippen molar-refractivity contribution in [2.24, 2.45) is 0 Å². The van der Waals surface area contributed by atoms with Crippen LogP contribution in [0.5, 0.6) is 5.88 Å². The van der Waals surface area contributed by atoms with Gasteiger partial charge in [-0.2, -0.15) is 0 Å². The van der Waals surface area contributed by atoms with E-state index >= 15 is 0 Å². The summed E-state index contributed by atoms with van der Waals surface area (Å²) in [5, 5.41) is 0. The average Bonchev–Trinajstić information content (AvgIpc) is 4.09. The van der Waals surface area contributed by atoms with Crippen molar-refractivity contribution in [1.82, 2.24) is 19.9 Å². The third kappa shape index (κ3) is 7.52. The maximum Gasteiger partial charge on any atom is 0.364 e. The number of carbonyl (C=O) groups is 1. The number of hydrogen-bond acceptors (Lipinski definition) is 4. The molecule has 0 atom stereocenters. The molecule has 6 nitrogen and oxygen atoms in total. The normalized spacial score (nSPS) is 12.6. The van der Waals surface area contributed by atoms with Gasteiger partial charge in [-0.05, 0) is 105 Å². The predicted octanol–water partition coefficient (Wildman–Crippen LogP) is 14.9. The summed E-state index contributed by atoms with van der Waals surface area (Å²) in [6.45, 7) is 17.6. The van der Waals surface area contributed by atoms with Crippen LogP contribution in [-0.4, -0.2) is 25.9 Å². The number of carbonyl (C=O) groups excluding carboxylic acids is 1. The summed E-state index contributed by atoms with van der Waals surface area (Å²) < 4.78 is 6.27. The number of fused-ring (bicyclic) bond motifs is 8. The minimum Gasteiger partial charge on any atom is -0.402 e. The van der Waals surface area contributed by atoms with Gasteiger partial charge in [0.25, 0.3) is 0 Å². The van der Waals surface area contributed by atoms with E-state index in [1.165, 1.54) is 22.3 Å². The van der Waals surface area contributed by atoms with Gasteiger partial charge in [-0.25, -0.2) is 14.8 Å². The lowest BCUT2D eigenvalue weighted by atomic mass is 9.98. The molecule has 3 aromatic heterocycles. The summed E-state index contributed by atoms with van der Waals surface area (Å²) in [6.07, 6.45) is 4.24. The van der Waals surface area contributed by atoms with Crippen LogP contribution < -0.4 is 4.74 Å². The zero-order valence-electron chi connectivity index (χ0n) is 36.2. The maximum atomic E-state index is 14.4. The van der Waals surface area contributed by atoms with Crippen molar-refractivity contribution in [1.29, 1.82) is 0 Å². The van der Waals surface area contributed by atoms with Crippen LogP contribution in [-0.2, 0) is 0 Å². The number of nitrogens with zero attached hydrogens (tertiary/aromatic N) is 2. The molecule has 4 aromatic carbocycles. The van der Waals surface area contributed by atoms with Crippen molar-refractivity contribution in [3.8, 4) is 50.4 Å². The van der Waals surface area contributed by atoms with Gasteiger partial charge in [0.1, 0.15) is 0 Å². The van der Waals surface area contributed by atoms with E-state index < -0.39 is 5.97 Å². The van der Waals surface area contributed by atoms with Crippen LogP contribution >= 0.6 is 0 Å². The van der Waals surface area contributed by atoms with Gasteiger partial charge in [-0.1, -0.05) is 152 Å². The lowest BCUT2D eigenvalue weighted by molar-refractivity contribution is 0.0755. The number of rotatable bonds is 8. The molecule has 0 radical (unpaired) electrons. The molecule has 2 aliphatic heterocycles. The van der Waals surface area contributed by atoms with Gasteiger partial charge in [0.2, 0.25) is 5.88 Å². The molecule has 0 aliphatic carbocycles. The van der Waals surface area contributed by atoms with Crippen LogP contribution in [0, 0.1) is 0 Å². The van der Waals surface area contributed by atoms with Gasteiger partial charge in [0, 0.05) is 33.2 Å². The highest BCUT2D eigenvalue weighted by Gasteiger charge is 2.28. The van der Waals surface area contributed by atoms with Crippen LogP contribution in [0.25, 0.3) is 78.7 Å². The Balaban J connectivity index is 1.44. The molecule has 9 rings (SSSR count). The Labute approximate surface area is 358 Å². The fourth-order valence-electron chi connectivity index (χ4n) is 8.42. The Kier molecular flexibility index (Phi) is 10.4. The molecule has 0 saturated heterocycles. The second-order valence-corrected chi connectivity index (χ2v) is 17.5. The lowest BCUT2D eigenvalue weighted by Crippen LogP contribution is -2.04. The van der Waals surface area contributed by atoms with E-state index in [1.807, 2.05) is 6.07 Å². The molecule has 5 heterocycles. The van der Waals surface area contributed by atoms with Crippen LogP contribution in [0.4, 0.5) is 0 Å². The maximum absolute atomic E-state index is 14.4. The largest absolute Gasteiger partial charge is 0.402 e. The summed E-state index contributed by atoms with van der Waals surface area (Å²) in [7, 11) is 0. The van der Waals surface area contributed by atoms with E-state index in [-0.39, 0.29) is 11.6 Å². The Morgan fingerprint density at radius 1 is 0.393 bits per heavy atom. The standard InChI is InChI=1S/C55H52N4O2/c1-31(2)35-9-17-39(18-10-35)49-43-25-26-44(56-43)50(40-19-11-36(12-20-40)32(3)4)46-28-30-48(58-46)52(42-23-15-38(16-24-42)34(7)8)54-59-53(55(60)61-54)51(47-29-27-45(49)57-47)41-21-13-37(14-22-41)33(5)6/h9-34,57-58H,1-8H3. The van der Waals surface area contributed by atoms with Gasteiger partial charge in [-0.3, -0.25) is 0 Å². The molecule has 8 bridgehead atoms. The molecule has 0 amide bonds. The Hall–Kier alpha value is -6.79. The van der Waals surface area contributed by atoms with E-state index in [9.17, 15) is 4.79 Å². The van der Waals surface area contributed by atoms with Crippen molar-refractivity contribution in [3.63, 3.8) is 0 Å². The summed E-state index contributed by atoms with van der Waals surface area (Å²) in [4.78, 5) is 32.5. The number of ether oxygens (including phenoxy) is 1. The molecule has 61 heavy (non-hydrogen) atoms. The van der Waals surface area contributed by atoms with E-state index in [1.54, 1.807) is 0 Å². The SMILES string of the molecule is CC(C)c1ccc(-c2c3nc(c(-c4ccc(C(C)C)cc4)c4ccc([nH]4)c(-c4ccc(C(C)C)cc4)c4nc(c(-c5ccc(C(C)C)cc5)c5ccc2[nH]5)OC4=O)C=C3)cc1. The molecule has 2 N–H and O–H groups in total. The molecule has 2 aliphatic rings. The highest BCUT2D eigenvalue weighted by Crippen LogP contribution is 2.41. The highest BCUT2D eigenvalue weighted by atomic mass is 16.5. The number of hydrogen-bond donors (Lipinski definition) is 2. The minimum atomic E-state index is -0.505. The Morgan fingerprint density at radius 3 is 1.07 bits per heavy atom. The average molecular weight is 801 g/mol. The van der Waals surface area contributed by atoms with Crippen LogP contribution in [0.15, 0.2) is 121 Å². The number of aromatic nitrogens is 4. The number of nitrogens with one attached hydrogen (secondary N) is 2. The monoisotopic (exact) mass is 800 g/mol. The van der Waals surface area contributed by atoms with Gasteiger partial charge in [0.05, 0.1) is 22.5 Å². The van der Waals surface area contributed by atoms with Crippen molar-refractivity contribution in [2.75, 3.05) is 0 Å². The Bertz CT molecular complexity index is 2980. The van der Waals surface area contributed by atoms with Crippen LogP contribution in [0.2, 0.25) is 0 Å². The fourth-order valence-corrected chi connectivity index (χ4v) is 8.42. The number of H-pyrrole nitrogens is 2. The van der Waals surface area contributed by atoms with E-state index in [4.69, 9.17) is 14.7 Å². The first kappa shape index (κ1) is 39.7. The third-order valence-electron chi connectivity index (χ3n) is 12.1. The summed E-state index contributed by atoms with van der Waals surface area (Å²) in [5.41, 5.74) is 17.3. The molecule has 0 fully saturated rings. The molecule has 6 heteroatoms. The predicted molar refractivity (Wildman–Crippen MR) is 253 cm³/mol. The second kappa shape index (κ2) is 16.0. The summed E-state index contributed by atoms with van der Waals surface area (Å²) in [6, 6.07) is 42.7. The van der Waals surface area contributed by atoms with Crippen molar-refractivity contribution in [2.45, 2.75) is 79.1 Å². The molecule has 7 aromatic rings. The molecular formula is C55H52N4O2. The highest BCUT2D eigenvalue weighted by molar-refractivity contribution is 6.05. The topological polar surface area (TPSA) is 83.7 Å². The first-order valence-corrected chi connectivity index (χ1v) is 21.5. The summed E-state index contributed by atoms with van der Waals surface area (Å²) in [5.74, 6) is 1.24. The van der Waals surface area contributed by atoms with Crippen LogP contribution in [0.1, 0.15) is 123 Å². The molecule has 0 saturated carbocycles. The number of esters is 1. The van der Waals surface area contributed by atoms with E-state index in [0.29, 0.717) is 34.8 Å². The van der Waals surface area contributed by atoms with Gasteiger partial charge in [-0.15, -0.1) is 0 Å². The van der Waals surface area contributed by atoms with E-state index in [0.717, 1.165) is 66.8 Å². The summed E-state index contributed by atoms with van der Waals surface area (Å²) >= 11 is 0. The second-order valence-electron chi connectivity index (χ2n) is 17.5. The smallest absolute Gasteiger partial charge is 0.364 e. The number of benzene rings is 4. The van der Waals surface area contributed by atoms with Gasteiger partial charge >= 0.3 is 5.97 Å². The molecule has 0 unspecified atom stereocenters.